The van der Waals surface area contributed by atoms with Crippen molar-refractivity contribution in [2.45, 2.75) is 6.92 Å². The lowest BCUT2D eigenvalue weighted by Gasteiger charge is -2.29. The first-order valence-electron chi connectivity index (χ1n) is 4.64. The molecule has 4 heteroatoms. The number of hydrogen-bond donors (Lipinski definition) is 1. The molecule has 1 heterocycles. The smallest absolute Gasteiger partial charge is 0.0897 e. The van der Waals surface area contributed by atoms with Crippen molar-refractivity contribution in [1.82, 2.24) is 4.90 Å². The van der Waals surface area contributed by atoms with E-state index in [1.165, 1.54) is 0 Å². The molecule has 0 aromatic carbocycles. The van der Waals surface area contributed by atoms with Gasteiger partial charge in [-0.3, -0.25) is 4.90 Å². The van der Waals surface area contributed by atoms with Gasteiger partial charge in [0.15, 0.2) is 0 Å². The first-order chi connectivity index (χ1) is 5.83. The lowest BCUT2D eigenvalue weighted by Crippen LogP contribution is -3.07. The van der Waals surface area contributed by atoms with E-state index in [-0.39, 0.29) is 0 Å². The minimum absolute atomic E-state index is 0.362. The molecule has 0 spiro atoms. The number of hydroxylamine groups is 2. The van der Waals surface area contributed by atoms with Crippen LogP contribution in [0.15, 0.2) is 0 Å². The second-order valence-corrected chi connectivity index (χ2v) is 3.10. The van der Waals surface area contributed by atoms with E-state index in [2.05, 4.69) is 4.90 Å². The van der Waals surface area contributed by atoms with E-state index in [1.54, 1.807) is 0 Å². The maximum absolute atomic E-state index is 11.0. The Morgan fingerprint density at radius 1 is 1.42 bits per heavy atom. The van der Waals surface area contributed by atoms with Gasteiger partial charge in [0, 0.05) is 19.6 Å². The van der Waals surface area contributed by atoms with Gasteiger partial charge < -0.3 is 15.0 Å². The molecule has 12 heavy (non-hydrogen) atoms. The zero-order chi connectivity index (χ0) is 8.81. The number of quaternary nitrogens is 1. The predicted molar refractivity (Wildman–Crippen MR) is 47.0 cm³/mol. The molecular formula is C8H18N2O2. The SMILES string of the molecule is CC[NH+]([O-])CCN1CCOCC1. The second-order valence-electron chi connectivity index (χ2n) is 3.10. The molecule has 1 fully saturated rings. The highest BCUT2D eigenvalue weighted by molar-refractivity contribution is 4.60. The number of rotatable bonds is 4. The van der Waals surface area contributed by atoms with E-state index in [1.807, 2.05) is 6.92 Å². The number of nitrogens with zero attached hydrogens (tertiary/aromatic N) is 1. The molecular weight excluding hydrogens is 156 g/mol. The number of nitrogens with one attached hydrogen (secondary N) is 1. The zero-order valence-corrected chi connectivity index (χ0v) is 7.71. The number of morpholine rings is 1. The lowest BCUT2D eigenvalue weighted by atomic mass is 10.4. The molecule has 72 valence electrons. The Balaban J connectivity index is 2.05. The van der Waals surface area contributed by atoms with Crippen molar-refractivity contribution in [3.8, 4) is 0 Å². The molecule has 1 unspecified atom stereocenters. The van der Waals surface area contributed by atoms with E-state index in [0.29, 0.717) is 18.2 Å². The fraction of sp³-hybridized carbons (Fsp3) is 1.00. The van der Waals surface area contributed by atoms with Gasteiger partial charge in [0.05, 0.1) is 26.3 Å². The minimum atomic E-state index is 0.362. The van der Waals surface area contributed by atoms with Gasteiger partial charge in [0.25, 0.3) is 0 Å². The third-order valence-corrected chi connectivity index (χ3v) is 2.20. The molecule has 1 saturated heterocycles. The van der Waals surface area contributed by atoms with Crippen molar-refractivity contribution in [3.63, 3.8) is 0 Å². The van der Waals surface area contributed by atoms with E-state index in [0.717, 1.165) is 32.8 Å². The third-order valence-electron chi connectivity index (χ3n) is 2.20. The fourth-order valence-electron chi connectivity index (χ4n) is 1.28. The number of hydrogen-bond acceptors (Lipinski definition) is 3. The van der Waals surface area contributed by atoms with Crippen molar-refractivity contribution in [1.29, 1.82) is 0 Å². The van der Waals surface area contributed by atoms with Crippen LogP contribution in [0, 0.1) is 5.21 Å². The van der Waals surface area contributed by atoms with Gasteiger partial charge in [-0.25, -0.2) is 0 Å². The molecule has 0 saturated carbocycles. The van der Waals surface area contributed by atoms with Crippen LogP contribution < -0.4 is 5.06 Å². The van der Waals surface area contributed by atoms with Crippen LogP contribution in [0.3, 0.4) is 0 Å². The van der Waals surface area contributed by atoms with Crippen molar-refractivity contribution in [2.24, 2.45) is 0 Å². The van der Waals surface area contributed by atoms with E-state index in [9.17, 15) is 5.21 Å². The maximum atomic E-state index is 11.0. The summed E-state index contributed by atoms with van der Waals surface area (Å²) in [6.07, 6.45) is 0. The number of ether oxygens (including phenoxy) is 1. The molecule has 1 N–H and O–H groups in total. The van der Waals surface area contributed by atoms with Gasteiger partial charge in [-0.05, 0) is 6.92 Å². The van der Waals surface area contributed by atoms with E-state index < -0.39 is 0 Å². The monoisotopic (exact) mass is 174 g/mol. The zero-order valence-electron chi connectivity index (χ0n) is 7.71. The molecule has 0 radical (unpaired) electrons. The van der Waals surface area contributed by atoms with Crippen molar-refractivity contribution in [3.05, 3.63) is 5.21 Å². The summed E-state index contributed by atoms with van der Waals surface area (Å²) < 4.78 is 5.21. The molecule has 0 bridgehead atoms. The summed E-state index contributed by atoms with van der Waals surface area (Å²) in [7, 11) is 0. The highest BCUT2D eigenvalue weighted by atomic mass is 16.5. The Hall–Kier alpha value is -0.160. The molecule has 4 nitrogen and oxygen atoms in total. The van der Waals surface area contributed by atoms with Crippen molar-refractivity contribution < 1.29 is 9.80 Å². The Labute approximate surface area is 73.7 Å². The highest BCUT2D eigenvalue weighted by Crippen LogP contribution is 1.93. The Morgan fingerprint density at radius 2 is 2.08 bits per heavy atom. The van der Waals surface area contributed by atoms with Crippen LogP contribution in [0.5, 0.6) is 0 Å². The summed E-state index contributed by atoms with van der Waals surface area (Å²) in [6.45, 7) is 7.81. The first kappa shape index (κ1) is 9.92. The van der Waals surface area contributed by atoms with Crippen LogP contribution in [0.25, 0.3) is 0 Å². The predicted octanol–water partition coefficient (Wildman–Crippen LogP) is -1.28. The van der Waals surface area contributed by atoms with E-state index in [4.69, 9.17) is 4.74 Å². The largest absolute Gasteiger partial charge is 0.634 e. The standard InChI is InChI=1S/C8H18N2O2/c1-2-10(11)4-3-9-5-7-12-8-6-9/h10H,2-8H2,1H3. The van der Waals surface area contributed by atoms with Crippen LogP contribution in [0.2, 0.25) is 0 Å². The summed E-state index contributed by atoms with van der Waals surface area (Å²) in [6, 6.07) is 0. The Bertz CT molecular complexity index is 116. The lowest BCUT2D eigenvalue weighted by molar-refractivity contribution is -0.845. The van der Waals surface area contributed by atoms with Crippen molar-refractivity contribution >= 4 is 0 Å². The Morgan fingerprint density at radius 3 is 2.67 bits per heavy atom. The van der Waals surface area contributed by atoms with Gasteiger partial charge in [0.2, 0.25) is 0 Å². The molecule has 0 amide bonds. The topological polar surface area (TPSA) is 40.0 Å². The fourth-order valence-corrected chi connectivity index (χ4v) is 1.28. The van der Waals surface area contributed by atoms with Gasteiger partial charge in [-0.2, -0.15) is 0 Å². The molecule has 0 aliphatic carbocycles. The van der Waals surface area contributed by atoms with E-state index >= 15 is 0 Å². The average Bonchev–Trinajstić information content (AvgIpc) is 2.16. The summed E-state index contributed by atoms with van der Waals surface area (Å²) in [5, 5.41) is 11.4. The summed E-state index contributed by atoms with van der Waals surface area (Å²) >= 11 is 0. The van der Waals surface area contributed by atoms with Crippen LogP contribution in [0.1, 0.15) is 6.92 Å². The minimum Gasteiger partial charge on any atom is -0.634 e. The van der Waals surface area contributed by atoms with Gasteiger partial charge >= 0.3 is 0 Å². The number of likely N-dealkylation sites (N-methyl/N-ethyl adjacent to an activating group) is 1. The van der Waals surface area contributed by atoms with Gasteiger partial charge in [0.1, 0.15) is 0 Å². The summed E-state index contributed by atoms with van der Waals surface area (Å²) in [5.74, 6) is 0. The molecule has 1 aliphatic heterocycles. The summed E-state index contributed by atoms with van der Waals surface area (Å²) in [5.41, 5.74) is 0. The first-order valence-corrected chi connectivity index (χ1v) is 4.64. The normalized spacial score (nSPS) is 22.5. The molecule has 0 aromatic rings. The van der Waals surface area contributed by atoms with Crippen LogP contribution in [0.4, 0.5) is 0 Å². The average molecular weight is 174 g/mol. The second kappa shape index (κ2) is 5.48. The molecule has 1 atom stereocenters. The highest BCUT2D eigenvalue weighted by Gasteiger charge is 2.10. The van der Waals surface area contributed by atoms with Gasteiger partial charge in [-0.1, -0.05) is 0 Å². The molecule has 1 aliphatic rings. The quantitative estimate of drug-likeness (QED) is 0.540. The van der Waals surface area contributed by atoms with Crippen molar-refractivity contribution in [2.75, 3.05) is 45.9 Å². The molecule has 1 rings (SSSR count). The van der Waals surface area contributed by atoms with Crippen LogP contribution >= 0.6 is 0 Å². The van der Waals surface area contributed by atoms with Gasteiger partial charge in [-0.15, -0.1) is 0 Å². The third kappa shape index (κ3) is 3.49. The maximum Gasteiger partial charge on any atom is 0.0897 e. The van der Waals surface area contributed by atoms with Crippen LogP contribution in [-0.2, 0) is 4.74 Å². The summed E-state index contributed by atoms with van der Waals surface area (Å²) in [4.78, 5) is 2.29. The van der Waals surface area contributed by atoms with Crippen LogP contribution in [-0.4, -0.2) is 50.8 Å². The Kier molecular flexibility index (Phi) is 4.53. The molecule has 0 aromatic heterocycles.